The van der Waals surface area contributed by atoms with Gasteiger partial charge in [0.05, 0.1) is 17.9 Å². The molecular formula is C25H25N7O2. The number of aryl methyl sites for hydroxylation is 2. The van der Waals surface area contributed by atoms with E-state index in [2.05, 4.69) is 25.3 Å². The molecule has 0 fully saturated rings. The van der Waals surface area contributed by atoms with Gasteiger partial charge in [0.15, 0.2) is 17.3 Å². The molecule has 0 saturated heterocycles. The van der Waals surface area contributed by atoms with Gasteiger partial charge in [-0.05, 0) is 38.5 Å². The Balaban J connectivity index is 1.64. The third kappa shape index (κ3) is 3.85. The van der Waals surface area contributed by atoms with Crippen molar-refractivity contribution in [3.05, 3.63) is 64.6 Å². The van der Waals surface area contributed by atoms with Crippen LogP contribution in [0.15, 0.2) is 53.3 Å². The van der Waals surface area contributed by atoms with Gasteiger partial charge in [0.2, 0.25) is 0 Å². The number of hydrogen-bond donors (Lipinski definition) is 2. The molecule has 0 bridgehead atoms. The number of nitrogens with zero attached hydrogens (tertiary/aromatic N) is 5. The van der Waals surface area contributed by atoms with Gasteiger partial charge in [-0.15, -0.1) is 0 Å². The van der Waals surface area contributed by atoms with Crippen molar-refractivity contribution in [1.29, 1.82) is 0 Å². The summed E-state index contributed by atoms with van der Waals surface area (Å²) in [5.74, 6) is 2.27. The second-order valence-corrected chi connectivity index (χ2v) is 7.95. The number of rotatable bonds is 7. The van der Waals surface area contributed by atoms with Crippen LogP contribution in [0.4, 0.5) is 0 Å². The smallest absolute Gasteiger partial charge is 0.262 e. The molecule has 0 amide bonds. The van der Waals surface area contributed by atoms with Gasteiger partial charge in [-0.25, -0.2) is 14.6 Å². The molecule has 5 rings (SSSR count). The van der Waals surface area contributed by atoms with E-state index >= 15 is 0 Å². The number of H-pyrrole nitrogens is 2. The Morgan fingerprint density at radius 1 is 1.00 bits per heavy atom. The number of aromatic nitrogens is 7. The molecule has 34 heavy (non-hydrogen) atoms. The summed E-state index contributed by atoms with van der Waals surface area (Å²) in [6.07, 6.45) is 0.856. The molecule has 9 heteroatoms. The zero-order valence-corrected chi connectivity index (χ0v) is 19.3. The SMILES string of the molecule is CCCOc1ccc(-c2nc(-c3ccccc3)n[nH]2)cc1-c1nc2c(c(C)nn2CC)c(=O)[nH]1. The average Bonchev–Trinajstić information content (AvgIpc) is 3.48. The molecule has 0 radical (unpaired) electrons. The van der Waals surface area contributed by atoms with E-state index in [1.807, 2.05) is 69.3 Å². The second-order valence-electron chi connectivity index (χ2n) is 7.95. The molecule has 9 nitrogen and oxygen atoms in total. The van der Waals surface area contributed by atoms with Crippen molar-refractivity contribution in [2.24, 2.45) is 0 Å². The van der Waals surface area contributed by atoms with Crippen LogP contribution >= 0.6 is 0 Å². The molecule has 5 aromatic rings. The van der Waals surface area contributed by atoms with Gasteiger partial charge in [-0.2, -0.15) is 10.2 Å². The molecule has 0 atom stereocenters. The number of aromatic amines is 2. The van der Waals surface area contributed by atoms with Crippen molar-refractivity contribution in [2.45, 2.75) is 33.7 Å². The molecule has 172 valence electrons. The highest BCUT2D eigenvalue weighted by Crippen LogP contribution is 2.33. The summed E-state index contributed by atoms with van der Waals surface area (Å²) in [4.78, 5) is 25.3. The zero-order chi connectivity index (χ0) is 23.7. The molecule has 0 aliphatic rings. The number of hydrogen-bond acceptors (Lipinski definition) is 6. The van der Waals surface area contributed by atoms with Crippen LogP contribution in [-0.2, 0) is 6.54 Å². The highest BCUT2D eigenvalue weighted by molar-refractivity contribution is 5.81. The Kier molecular flexibility index (Phi) is 5.67. The van der Waals surface area contributed by atoms with Gasteiger partial charge in [0.25, 0.3) is 5.56 Å². The number of fused-ring (bicyclic) bond motifs is 1. The van der Waals surface area contributed by atoms with Crippen LogP contribution in [0, 0.1) is 6.92 Å². The lowest BCUT2D eigenvalue weighted by atomic mass is 10.1. The number of ether oxygens (including phenoxy) is 1. The summed E-state index contributed by atoms with van der Waals surface area (Å²) in [5.41, 5.74) is 3.38. The highest BCUT2D eigenvalue weighted by atomic mass is 16.5. The highest BCUT2D eigenvalue weighted by Gasteiger charge is 2.18. The molecular weight excluding hydrogens is 430 g/mol. The minimum Gasteiger partial charge on any atom is -0.493 e. The number of benzene rings is 2. The zero-order valence-electron chi connectivity index (χ0n) is 19.3. The van der Waals surface area contributed by atoms with E-state index in [4.69, 9.17) is 9.72 Å². The lowest BCUT2D eigenvalue weighted by molar-refractivity contribution is 0.318. The summed E-state index contributed by atoms with van der Waals surface area (Å²) in [7, 11) is 0. The van der Waals surface area contributed by atoms with Crippen molar-refractivity contribution in [2.75, 3.05) is 6.61 Å². The van der Waals surface area contributed by atoms with Crippen LogP contribution in [0.25, 0.3) is 45.2 Å². The first kappa shape index (κ1) is 21.6. The van der Waals surface area contributed by atoms with E-state index in [0.717, 1.165) is 17.5 Å². The van der Waals surface area contributed by atoms with Crippen molar-refractivity contribution >= 4 is 11.0 Å². The topological polar surface area (TPSA) is 114 Å². The molecule has 3 heterocycles. The fourth-order valence-corrected chi connectivity index (χ4v) is 3.91. The predicted octanol–water partition coefficient (Wildman–Crippen LogP) is 4.36. The molecule has 2 aromatic carbocycles. The predicted molar refractivity (Wildman–Crippen MR) is 131 cm³/mol. The van der Waals surface area contributed by atoms with Crippen LogP contribution in [0.1, 0.15) is 26.0 Å². The summed E-state index contributed by atoms with van der Waals surface area (Å²) >= 11 is 0. The van der Waals surface area contributed by atoms with Gasteiger partial charge >= 0.3 is 0 Å². The van der Waals surface area contributed by atoms with Crippen molar-refractivity contribution in [3.8, 4) is 39.9 Å². The molecule has 0 aliphatic heterocycles. The van der Waals surface area contributed by atoms with E-state index in [1.54, 1.807) is 4.68 Å². The molecule has 3 aromatic heterocycles. The van der Waals surface area contributed by atoms with Crippen molar-refractivity contribution in [3.63, 3.8) is 0 Å². The Morgan fingerprint density at radius 2 is 1.82 bits per heavy atom. The van der Waals surface area contributed by atoms with Gasteiger partial charge in [0, 0.05) is 17.7 Å². The third-order valence-corrected chi connectivity index (χ3v) is 5.56. The quantitative estimate of drug-likeness (QED) is 0.377. The van der Waals surface area contributed by atoms with Crippen molar-refractivity contribution in [1.82, 2.24) is 34.9 Å². The number of nitrogens with one attached hydrogen (secondary N) is 2. The molecule has 2 N–H and O–H groups in total. The van der Waals surface area contributed by atoms with E-state index in [9.17, 15) is 4.79 Å². The molecule has 0 aliphatic carbocycles. The fourth-order valence-electron chi connectivity index (χ4n) is 3.91. The minimum atomic E-state index is -0.227. The van der Waals surface area contributed by atoms with Gasteiger partial charge in [-0.3, -0.25) is 9.89 Å². The summed E-state index contributed by atoms with van der Waals surface area (Å²) < 4.78 is 7.73. The lowest BCUT2D eigenvalue weighted by Gasteiger charge is -2.12. The summed E-state index contributed by atoms with van der Waals surface area (Å²) in [6, 6.07) is 15.5. The Labute approximate surface area is 195 Å². The van der Waals surface area contributed by atoms with Crippen molar-refractivity contribution < 1.29 is 4.74 Å². The van der Waals surface area contributed by atoms with E-state index < -0.39 is 0 Å². The minimum absolute atomic E-state index is 0.227. The first-order valence-corrected chi connectivity index (χ1v) is 11.3. The second kappa shape index (κ2) is 8.93. The monoisotopic (exact) mass is 455 g/mol. The van der Waals surface area contributed by atoms with Gasteiger partial charge in [0.1, 0.15) is 17.0 Å². The Morgan fingerprint density at radius 3 is 2.59 bits per heavy atom. The molecule has 0 spiro atoms. The Hall–Kier alpha value is -4.27. The largest absolute Gasteiger partial charge is 0.493 e. The maximum atomic E-state index is 12.9. The molecule has 0 saturated carbocycles. The fraction of sp³-hybridized carbons (Fsp3) is 0.240. The average molecular weight is 456 g/mol. The normalized spacial score (nSPS) is 11.3. The maximum absolute atomic E-state index is 12.9. The third-order valence-electron chi connectivity index (χ3n) is 5.56. The summed E-state index contributed by atoms with van der Waals surface area (Å²) in [5, 5.41) is 12.3. The first-order valence-electron chi connectivity index (χ1n) is 11.3. The van der Waals surface area contributed by atoms with E-state index in [1.165, 1.54) is 0 Å². The van der Waals surface area contributed by atoms with Crippen LogP contribution in [0.2, 0.25) is 0 Å². The van der Waals surface area contributed by atoms with Crippen LogP contribution < -0.4 is 10.3 Å². The van der Waals surface area contributed by atoms with Crippen LogP contribution in [0.3, 0.4) is 0 Å². The lowest BCUT2D eigenvalue weighted by Crippen LogP contribution is -2.11. The summed E-state index contributed by atoms with van der Waals surface area (Å²) in [6.45, 7) is 6.99. The van der Waals surface area contributed by atoms with E-state index in [-0.39, 0.29) is 5.56 Å². The van der Waals surface area contributed by atoms with Gasteiger partial charge < -0.3 is 9.72 Å². The van der Waals surface area contributed by atoms with Crippen LogP contribution in [0.5, 0.6) is 5.75 Å². The standard InChI is InChI=1S/C25H25N7O2/c1-4-13-34-19-12-11-17(22-26-21(29-30-22)16-9-7-6-8-10-16)14-18(19)23-27-24-20(25(33)28-23)15(3)31-32(24)5-2/h6-12,14H,4-5,13H2,1-3H3,(H,26,29,30)(H,27,28,33). The van der Waals surface area contributed by atoms with Crippen LogP contribution in [-0.4, -0.2) is 41.5 Å². The first-order chi connectivity index (χ1) is 16.6. The maximum Gasteiger partial charge on any atom is 0.262 e. The Bertz CT molecular complexity index is 1520. The van der Waals surface area contributed by atoms with Gasteiger partial charge in [-0.1, -0.05) is 37.3 Å². The van der Waals surface area contributed by atoms with E-state index in [0.29, 0.717) is 58.7 Å². The molecule has 0 unspecified atom stereocenters.